The molecule has 8 nitrogen and oxygen atoms in total. The van der Waals surface area contributed by atoms with Gasteiger partial charge in [-0.25, -0.2) is 4.98 Å². The van der Waals surface area contributed by atoms with Gasteiger partial charge in [-0.2, -0.15) is 13.2 Å². The van der Waals surface area contributed by atoms with E-state index >= 15 is 0 Å². The number of hydrogen-bond acceptors (Lipinski definition) is 6. The van der Waals surface area contributed by atoms with Crippen molar-refractivity contribution in [3.05, 3.63) is 63.5 Å². The number of pyridine rings is 3. The van der Waals surface area contributed by atoms with Gasteiger partial charge in [0.05, 0.1) is 23.1 Å². The molecule has 0 aromatic carbocycles. The number of rotatable bonds is 4. The lowest BCUT2D eigenvalue weighted by atomic mass is 10.1. The maximum Gasteiger partial charge on any atom is 0.421 e. The van der Waals surface area contributed by atoms with Gasteiger partial charge in [0.25, 0.3) is 11.5 Å². The second kappa shape index (κ2) is 8.81. The van der Waals surface area contributed by atoms with Gasteiger partial charge >= 0.3 is 6.18 Å². The van der Waals surface area contributed by atoms with E-state index in [0.717, 1.165) is 31.9 Å². The molecular weight excluding hydrogens is 437 g/mol. The van der Waals surface area contributed by atoms with Gasteiger partial charge in [0.1, 0.15) is 11.3 Å². The van der Waals surface area contributed by atoms with E-state index in [1.54, 1.807) is 25.4 Å². The Balaban J connectivity index is 1.43. The molecule has 0 bridgehead atoms. The van der Waals surface area contributed by atoms with Crippen LogP contribution in [0.2, 0.25) is 0 Å². The summed E-state index contributed by atoms with van der Waals surface area (Å²) in [7, 11) is 1.56. The summed E-state index contributed by atoms with van der Waals surface area (Å²) >= 11 is 0. The van der Waals surface area contributed by atoms with Crippen LogP contribution in [0.4, 0.5) is 18.9 Å². The highest BCUT2D eigenvalue weighted by atomic mass is 19.4. The van der Waals surface area contributed by atoms with Crippen LogP contribution < -0.4 is 15.8 Å². The number of anilines is 1. The van der Waals surface area contributed by atoms with Crippen molar-refractivity contribution in [3.63, 3.8) is 0 Å². The zero-order valence-electron chi connectivity index (χ0n) is 18.2. The molecule has 0 aliphatic carbocycles. The summed E-state index contributed by atoms with van der Waals surface area (Å²) in [6.07, 6.45) is -1.65. The van der Waals surface area contributed by atoms with Crippen molar-refractivity contribution in [1.29, 1.82) is 0 Å². The minimum Gasteiger partial charge on any atom is -0.368 e. The molecule has 2 N–H and O–H groups in total. The number of carbonyl (C=O) groups excluding carboxylic acids is 1. The van der Waals surface area contributed by atoms with E-state index in [-0.39, 0.29) is 16.9 Å². The quantitative estimate of drug-likeness (QED) is 0.621. The number of aromatic amines is 1. The molecule has 1 fully saturated rings. The van der Waals surface area contributed by atoms with Gasteiger partial charge in [-0.15, -0.1) is 0 Å². The van der Waals surface area contributed by atoms with Crippen molar-refractivity contribution in [2.75, 3.05) is 38.1 Å². The minimum atomic E-state index is -4.72. The fourth-order valence-corrected chi connectivity index (χ4v) is 4.05. The number of alkyl halides is 3. The van der Waals surface area contributed by atoms with Crippen LogP contribution in [0.15, 0.2) is 35.4 Å². The molecule has 4 heterocycles. The predicted molar refractivity (Wildman–Crippen MR) is 117 cm³/mol. The largest absolute Gasteiger partial charge is 0.421 e. The summed E-state index contributed by atoms with van der Waals surface area (Å²) in [5.41, 5.74) is -0.144. The summed E-state index contributed by atoms with van der Waals surface area (Å²) < 4.78 is 39.5. The van der Waals surface area contributed by atoms with Crippen LogP contribution in [0.5, 0.6) is 0 Å². The third-order valence-corrected chi connectivity index (χ3v) is 5.83. The highest BCUT2D eigenvalue weighted by Crippen LogP contribution is 2.31. The first-order chi connectivity index (χ1) is 15.7. The van der Waals surface area contributed by atoms with E-state index in [2.05, 4.69) is 30.1 Å². The summed E-state index contributed by atoms with van der Waals surface area (Å²) in [4.78, 5) is 38.9. The number of nitrogens with one attached hydrogen (secondary N) is 2. The molecule has 174 valence electrons. The van der Waals surface area contributed by atoms with Gasteiger partial charge in [0.15, 0.2) is 0 Å². The normalized spacial score (nSPS) is 15.1. The van der Waals surface area contributed by atoms with Crippen molar-refractivity contribution in [1.82, 2.24) is 25.2 Å². The molecule has 1 amide bonds. The van der Waals surface area contributed by atoms with Gasteiger partial charge < -0.3 is 15.2 Å². The van der Waals surface area contributed by atoms with Gasteiger partial charge in [0.2, 0.25) is 0 Å². The SMILES string of the molecule is CNC(=O)c1ccc(N2CCN(Cc3cc4[nH]c(=O)c(C(F)(F)F)c(C)c4cn3)CC2)cn1. The van der Waals surface area contributed by atoms with Crippen LogP contribution in [0, 0.1) is 6.92 Å². The number of aromatic nitrogens is 3. The number of carbonyl (C=O) groups is 1. The molecule has 11 heteroatoms. The van der Waals surface area contributed by atoms with Crippen LogP contribution in [-0.2, 0) is 12.7 Å². The first kappa shape index (κ1) is 22.7. The zero-order chi connectivity index (χ0) is 23.8. The Morgan fingerprint density at radius 2 is 1.88 bits per heavy atom. The number of fused-ring (bicyclic) bond motifs is 1. The summed E-state index contributed by atoms with van der Waals surface area (Å²) in [5.74, 6) is -0.236. The lowest BCUT2D eigenvalue weighted by molar-refractivity contribution is -0.139. The number of piperazine rings is 1. The maximum atomic E-state index is 13.2. The Kier molecular flexibility index (Phi) is 6.07. The number of hydrogen-bond donors (Lipinski definition) is 2. The highest BCUT2D eigenvalue weighted by Gasteiger charge is 2.36. The molecule has 0 radical (unpaired) electrons. The third kappa shape index (κ3) is 4.68. The lowest BCUT2D eigenvalue weighted by Gasteiger charge is -2.35. The van der Waals surface area contributed by atoms with E-state index in [1.807, 2.05) is 6.07 Å². The second-order valence-corrected chi connectivity index (χ2v) is 7.92. The molecule has 33 heavy (non-hydrogen) atoms. The van der Waals surface area contributed by atoms with E-state index in [1.165, 1.54) is 13.1 Å². The molecular formula is C22H23F3N6O2. The van der Waals surface area contributed by atoms with Crippen molar-refractivity contribution < 1.29 is 18.0 Å². The Labute approximate surface area is 187 Å². The lowest BCUT2D eigenvalue weighted by Crippen LogP contribution is -2.46. The number of amides is 1. The number of halogens is 3. The van der Waals surface area contributed by atoms with E-state index < -0.39 is 17.3 Å². The molecule has 1 saturated heterocycles. The van der Waals surface area contributed by atoms with Crippen molar-refractivity contribution in [2.24, 2.45) is 0 Å². The molecule has 1 aliphatic rings. The standard InChI is InChI=1S/C22H23F3N6O2/c1-13-16-11-27-14(9-18(16)29-21(33)19(13)22(23,24)25)12-30-5-7-31(8-6-30)15-3-4-17(28-10-15)20(32)26-2/h3-4,9-11H,5-8,12H2,1-2H3,(H,26,32)(H,29,33). The molecule has 0 unspecified atom stereocenters. The van der Waals surface area contributed by atoms with E-state index in [9.17, 15) is 22.8 Å². The van der Waals surface area contributed by atoms with Crippen LogP contribution in [-0.4, -0.2) is 59.0 Å². The highest BCUT2D eigenvalue weighted by molar-refractivity contribution is 5.92. The zero-order valence-corrected chi connectivity index (χ0v) is 18.2. The molecule has 3 aromatic heterocycles. The monoisotopic (exact) mass is 460 g/mol. The van der Waals surface area contributed by atoms with Gasteiger partial charge in [-0.1, -0.05) is 0 Å². The number of aryl methyl sites for hydroxylation is 1. The Morgan fingerprint density at radius 1 is 1.15 bits per heavy atom. The first-order valence-electron chi connectivity index (χ1n) is 10.4. The smallest absolute Gasteiger partial charge is 0.368 e. The molecule has 4 rings (SSSR count). The van der Waals surface area contributed by atoms with E-state index in [0.29, 0.717) is 23.4 Å². The molecule has 0 saturated carbocycles. The number of H-pyrrole nitrogens is 1. The van der Waals surface area contributed by atoms with Crippen LogP contribution in [0.25, 0.3) is 10.9 Å². The average molecular weight is 460 g/mol. The van der Waals surface area contributed by atoms with Gasteiger partial charge in [-0.05, 0) is 30.7 Å². The minimum absolute atomic E-state index is 0.120. The Morgan fingerprint density at radius 3 is 2.48 bits per heavy atom. The van der Waals surface area contributed by atoms with Crippen LogP contribution >= 0.6 is 0 Å². The summed E-state index contributed by atoms with van der Waals surface area (Å²) in [6, 6.07) is 5.19. The second-order valence-electron chi connectivity index (χ2n) is 7.92. The van der Waals surface area contributed by atoms with Gasteiger partial charge in [-0.3, -0.25) is 19.5 Å². The fraction of sp³-hybridized carbons (Fsp3) is 0.364. The Bertz CT molecular complexity index is 1230. The Hall–Kier alpha value is -3.47. The third-order valence-electron chi connectivity index (χ3n) is 5.83. The van der Waals surface area contributed by atoms with Crippen molar-refractivity contribution in [2.45, 2.75) is 19.6 Å². The molecule has 0 atom stereocenters. The van der Waals surface area contributed by atoms with Crippen molar-refractivity contribution >= 4 is 22.5 Å². The van der Waals surface area contributed by atoms with Crippen molar-refractivity contribution in [3.8, 4) is 0 Å². The fourth-order valence-electron chi connectivity index (χ4n) is 4.05. The van der Waals surface area contributed by atoms with Crippen LogP contribution in [0.1, 0.15) is 27.3 Å². The number of nitrogens with zero attached hydrogens (tertiary/aromatic N) is 4. The average Bonchev–Trinajstić information content (AvgIpc) is 2.78. The predicted octanol–water partition coefficient (Wildman–Crippen LogP) is 2.33. The molecule has 3 aromatic rings. The first-order valence-corrected chi connectivity index (χ1v) is 10.4. The molecule has 1 aliphatic heterocycles. The maximum absolute atomic E-state index is 13.2. The van der Waals surface area contributed by atoms with Gasteiger partial charge in [0, 0.05) is 51.4 Å². The summed E-state index contributed by atoms with van der Waals surface area (Å²) in [6.45, 7) is 4.80. The topological polar surface area (TPSA) is 94.2 Å². The van der Waals surface area contributed by atoms with E-state index in [4.69, 9.17) is 0 Å². The summed E-state index contributed by atoms with van der Waals surface area (Å²) in [5, 5.41) is 2.82. The molecule has 0 spiro atoms. The van der Waals surface area contributed by atoms with Crippen LogP contribution in [0.3, 0.4) is 0 Å².